The molecule has 3 N–H and O–H groups in total. The number of halogens is 2. The summed E-state index contributed by atoms with van der Waals surface area (Å²) in [7, 11) is 0. The fourth-order valence-corrected chi connectivity index (χ4v) is 5.34. The van der Waals surface area contributed by atoms with E-state index in [1.807, 2.05) is 32.9 Å². The third-order valence-electron chi connectivity index (χ3n) is 7.16. The van der Waals surface area contributed by atoms with E-state index in [1.54, 1.807) is 6.20 Å². The number of fused-ring (bicyclic) bond motifs is 1. The molecule has 0 bridgehead atoms. The number of aromatic amines is 1. The van der Waals surface area contributed by atoms with Gasteiger partial charge in [-0.2, -0.15) is 0 Å². The zero-order valence-corrected chi connectivity index (χ0v) is 18.8. The summed E-state index contributed by atoms with van der Waals surface area (Å²) in [6.07, 6.45) is 5.21. The van der Waals surface area contributed by atoms with Crippen molar-refractivity contribution in [2.24, 2.45) is 5.73 Å². The average molecular weight is 441 g/mol. The molecule has 3 aromatic rings. The highest BCUT2D eigenvalue weighted by Crippen LogP contribution is 2.44. The Morgan fingerprint density at radius 1 is 1.12 bits per heavy atom. The minimum absolute atomic E-state index is 0.0255. The summed E-state index contributed by atoms with van der Waals surface area (Å²) in [5.74, 6) is -0.339. The number of nitrogens with one attached hydrogen (secondary N) is 1. The van der Waals surface area contributed by atoms with Crippen molar-refractivity contribution in [3.05, 3.63) is 75.2 Å². The van der Waals surface area contributed by atoms with E-state index >= 15 is 0 Å². The van der Waals surface area contributed by atoms with Gasteiger partial charge in [0.25, 0.3) is 5.56 Å². The molecule has 0 radical (unpaired) electrons. The summed E-state index contributed by atoms with van der Waals surface area (Å²) in [6, 6.07) is 7.32. The number of aryl methyl sites for hydroxylation is 2. The van der Waals surface area contributed by atoms with Crippen LogP contribution in [0.25, 0.3) is 10.8 Å². The molecule has 4 rings (SSSR count). The second-order valence-electron chi connectivity index (χ2n) is 9.06. The highest BCUT2D eigenvalue weighted by Gasteiger charge is 2.42. The molecule has 1 aromatic heterocycles. The smallest absolute Gasteiger partial charge is 0.255 e. The van der Waals surface area contributed by atoms with Gasteiger partial charge in [-0.15, -0.1) is 0 Å². The Kier molecular flexibility index (Phi) is 6.08. The quantitative estimate of drug-likeness (QED) is 0.557. The summed E-state index contributed by atoms with van der Waals surface area (Å²) in [5, 5.41) is 1.53. The van der Waals surface area contributed by atoms with E-state index in [1.165, 1.54) is 12.1 Å². The summed E-state index contributed by atoms with van der Waals surface area (Å²) in [6.45, 7) is 5.93. The lowest BCUT2D eigenvalue weighted by Crippen LogP contribution is -2.49. The Bertz CT molecular complexity index is 1180. The summed E-state index contributed by atoms with van der Waals surface area (Å²) in [4.78, 5) is 14.9. The zero-order valence-electron chi connectivity index (χ0n) is 18.8. The number of pyridine rings is 1. The van der Waals surface area contributed by atoms with Crippen LogP contribution in [0.2, 0.25) is 0 Å². The van der Waals surface area contributed by atoms with Crippen LogP contribution in [0.15, 0.2) is 41.3 Å². The molecule has 1 fully saturated rings. The minimum Gasteiger partial charge on any atom is -0.490 e. The van der Waals surface area contributed by atoms with Crippen molar-refractivity contribution in [1.82, 2.24) is 4.98 Å². The van der Waals surface area contributed by atoms with E-state index in [4.69, 9.17) is 10.5 Å². The first-order chi connectivity index (χ1) is 15.2. The Hall–Kier alpha value is -2.73. The SMILES string of the molecule is CCC(N)C1(c2cc(F)cc(F)c2)CCC(Oc2c(C)cc3c(=O)[nH]ccc3c2C)CC1. The van der Waals surface area contributed by atoms with Crippen LogP contribution in [0.5, 0.6) is 5.75 Å². The Morgan fingerprint density at radius 3 is 2.41 bits per heavy atom. The number of benzene rings is 2. The number of rotatable bonds is 5. The van der Waals surface area contributed by atoms with Gasteiger partial charge in [0.2, 0.25) is 0 Å². The average Bonchev–Trinajstić information content (AvgIpc) is 2.76. The highest BCUT2D eigenvalue weighted by molar-refractivity contribution is 5.87. The van der Waals surface area contributed by atoms with Crippen LogP contribution in [0.4, 0.5) is 8.78 Å². The van der Waals surface area contributed by atoms with Crippen LogP contribution in [-0.2, 0) is 5.41 Å². The third kappa shape index (κ3) is 3.92. The predicted molar refractivity (Wildman–Crippen MR) is 123 cm³/mol. The summed E-state index contributed by atoms with van der Waals surface area (Å²) in [5.41, 5.74) is 8.43. The zero-order chi connectivity index (χ0) is 23.0. The van der Waals surface area contributed by atoms with Crippen molar-refractivity contribution in [3.63, 3.8) is 0 Å². The van der Waals surface area contributed by atoms with Crippen molar-refractivity contribution in [1.29, 1.82) is 0 Å². The molecule has 1 unspecified atom stereocenters. The largest absolute Gasteiger partial charge is 0.490 e. The second-order valence-corrected chi connectivity index (χ2v) is 9.06. The molecular formula is C26H30F2N2O2. The van der Waals surface area contributed by atoms with E-state index in [0.717, 1.165) is 47.6 Å². The van der Waals surface area contributed by atoms with Crippen molar-refractivity contribution < 1.29 is 13.5 Å². The highest BCUT2D eigenvalue weighted by atomic mass is 19.1. The van der Waals surface area contributed by atoms with Crippen LogP contribution in [0, 0.1) is 25.5 Å². The first-order valence-corrected chi connectivity index (χ1v) is 11.3. The first kappa shape index (κ1) is 22.5. The lowest BCUT2D eigenvalue weighted by atomic mass is 9.64. The van der Waals surface area contributed by atoms with Gasteiger partial charge in [0, 0.05) is 29.1 Å². The van der Waals surface area contributed by atoms with Crippen LogP contribution < -0.4 is 16.0 Å². The maximum atomic E-state index is 14.0. The first-order valence-electron chi connectivity index (χ1n) is 11.3. The monoisotopic (exact) mass is 440 g/mol. The van der Waals surface area contributed by atoms with Crippen molar-refractivity contribution in [2.45, 2.75) is 70.4 Å². The molecule has 6 heteroatoms. The molecule has 4 nitrogen and oxygen atoms in total. The maximum Gasteiger partial charge on any atom is 0.255 e. The number of aromatic nitrogens is 1. The van der Waals surface area contributed by atoms with Gasteiger partial charge in [-0.05, 0) is 92.3 Å². The van der Waals surface area contributed by atoms with Crippen LogP contribution in [0.1, 0.15) is 55.7 Å². The van der Waals surface area contributed by atoms with Crippen molar-refractivity contribution in [3.8, 4) is 5.75 Å². The Labute approximate surface area is 186 Å². The second kappa shape index (κ2) is 8.66. The van der Waals surface area contributed by atoms with Crippen molar-refractivity contribution in [2.75, 3.05) is 0 Å². The Balaban J connectivity index is 1.61. The maximum absolute atomic E-state index is 14.0. The molecule has 1 atom stereocenters. The molecule has 0 saturated heterocycles. The van der Waals surface area contributed by atoms with E-state index in [9.17, 15) is 13.6 Å². The molecule has 0 aliphatic heterocycles. The molecule has 1 aliphatic rings. The van der Waals surface area contributed by atoms with Gasteiger partial charge >= 0.3 is 0 Å². The number of hydrogen-bond donors (Lipinski definition) is 2. The van der Waals surface area contributed by atoms with Gasteiger partial charge in [0.1, 0.15) is 17.4 Å². The molecule has 1 heterocycles. The summed E-state index contributed by atoms with van der Waals surface area (Å²) >= 11 is 0. The fourth-order valence-electron chi connectivity index (χ4n) is 5.34. The number of ether oxygens (including phenoxy) is 1. The topological polar surface area (TPSA) is 68.1 Å². The van der Waals surface area contributed by atoms with Crippen LogP contribution in [0.3, 0.4) is 0 Å². The van der Waals surface area contributed by atoms with E-state index in [0.29, 0.717) is 23.8 Å². The van der Waals surface area contributed by atoms with Crippen LogP contribution >= 0.6 is 0 Å². The van der Waals surface area contributed by atoms with Crippen molar-refractivity contribution >= 4 is 10.8 Å². The van der Waals surface area contributed by atoms with E-state index in [2.05, 4.69) is 4.98 Å². The van der Waals surface area contributed by atoms with Gasteiger partial charge in [-0.3, -0.25) is 4.79 Å². The van der Waals surface area contributed by atoms with Gasteiger partial charge in [0.15, 0.2) is 0 Å². The van der Waals surface area contributed by atoms with Gasteiger partial charge in [-0.25, -0.2) is 8.78 Å². The molecule has 1 aliphatic carbocycles. The lowest BCUT2D eigenvalue weighted by molar-refractivity contribution is 0.102. The summed E-state index contributed by atoms with van der Waals surface area (Å²) < 4.78 is 34.5. The van der Waals surface area contributed by atoms with Crippen LogP contribution in [-0.4, -0.2) is 17.1 Å². The molecule has 0 amide bonds. The van der Waals surface area contributed by atoms with E-state index in [-0.39, 0.29) is 17.7 Å². The standard InChI is InChI=1S/C26H30F2N2O2/c1-4-23(29)26(17-12-18(27)14-19(28)13-17)8-5-20(6-9-26)32-24-15(2)11-22-21(16(24)3)7-10-30-25(22)31/h7,10-14,20,23H,4-6,8-9,29H2,1-3H3,(H,30,31). The van der Waals surface area contributed by atoms with Gasteiger partial charge < -0.3 is 15.5 Å². The predicted octanol–water partition coefficient (Wildman–Crippen LogP) is 5.42. The molecule has 2 aromatic carbocycles. The Morgan fingerprint density at radius 2 is 1.78 bits per heavy atom. The lowest BCUT2D eigenvalue weighted by Gasteiger charge is -2.44. The molecular weight excluding hydrogens is 410 g/mol. The van der Waals surface area contributed by atoms with Gasteiger partial charge in [-0.1, -0.05) is 6.92 Å². The minimum atomic E-state index is -0.571. The van der Waals surface area contributed by atoms with Gasteiger partial charge in [0.05, 0.1) is 6.10 Å². The third-order valence-corrected chi connectivity index (χ3v) is 7.16. The number of nitrogens with two attached hydrogens (primary N) is 1. The van der Waals surface area contributed by atoms with E-state index < -0.39 is 17.0 Å². The molecule has 170 valence electrons. The molecule has 0 spiro atoms. The molecule has 1 saturated carbocycles. The fraction of sp³-hybridized carbons (Fsp3) is 0.423. The number of hydrogen-bond acceptors (Lipinski definition) is 3. The molecule has 32 heavy (non-hydrogen) atoms. The normalized spacial score (nSPS) is 22.1. The number of H-pyrrole nitrogens is 1.